The molecule has 2 aromatic carbocycles. The van der Waals surface area contributed by atoms with Gasteiger partial charge in [-0.2, -0.15) is 18.4 Å². The molecule has 1 atom stereocenters. The molecular weight excluding hydrogens is 746 g/mol. The number of nitrogens with one attached hydrogen (secondary N) is 2. The molecule has 2 aliphatic rings. The second-order valence-corrected chi connectivity index (χ2v) is 13.0. The van der Waals surface area contributed by atoms with Gasteiger partial charge >= 0.3 is 6.18 Å². The average Bonchev–Trinajstić information content (AvgIpc) is 3.27. The van der Waals surface area contributed by atoms with E-state index in [-0.39, 0.29) is 55.4 Å². The molecule has 0 bridgehead atoms. The number of aromatic nitrogens is 1. The second kappa shape index (κ2) is 15.8. The monoisotopic (exact) mass is 776 g/mol. The molecule has 0 radical (unpaired) electrons. The Balaban J connectivity index is 1.19. The number of nitrogens with zero attached hydrogens (tertiary/aromatic N) is 4. The fourth-order valence-corrected chi connectivity index (χ4v) is 6.31. The van der Waals surface area contributed by atoms with Gasteiger partial charge in [0.1, 0.15) is 29.4 Å². The smallest absolute Gasteiger partial charge is 0.420 e. The standard InChI is InChI=1S/C35H30F6N6O6S/c1-34(2)32(51)46(24-8-5-19(15-42)28(29(24)38)35(39,40)41)33(54)47(34)20-14-22(37)30(43-16-20)18-6-9-25(21(36)13-18)53-12-4-3-11-52-17-27(49)44-23-7-10-26(48)45-31(23)50/h5-6,8-9,13-14,16,23H,3-4,7,10-12,17H2,1-2H3,(H,44,49)(H,45,48,50). The Morgan fingerprint density at radius 1 is 1.09 bits per heavy atom. The number of thiocarbonyl (C=S) groups is 1. The molecule has 284 valence electrons. The normalized spacial score (nSPS) is 17.1. The van der Waals surface area contributed by atoms with Crippen molar-refractivity contribution in [3.05, 3.63) is 71.2 Å². The number of anilines is 2. The van der Waals surface area contributed by atoms with Gasteiger partial charge in [0.2, 0.25) is 17.7 Å². The van der Waals surface area contributed by atoms with E-state index >= 15 is 8.78 Å². The molecule has 0 spiro atoms. The number of ether oxygens (including phenoxy) is 2. The van der Waals surface area contributed by atoms with Crippen LogP contribution in [0.5, 0.6) is 5.75 Å². The summed E-state index contributed by atoms with van der Waals surface area (Å²) in [5, 5.41) is 13.2. The number of halogens is 6. The lowest BCUT2D eigenvalue weighted by Gasteiger charge is -2.29. The maximum absolute atomic E-state index is 15.5. The number of carbonyl (C=O) groups is 4. The van der Waals surface area contributed by atoms with Crippen LogP contribution in [0, 0.1) is 28.8 Å². The lowest BCUT2D eigenvalue weighted by Crippen LogP contribution is -2.52. The number of imide groups is 1. The Hall–Kier alpha value is -5.61. The van der Waals surface area contributed by atoms with Gasteiger partial charge in [0.25, 0.3) is 5.91 Å². The van der Waals surface area contributed by atoms with Gasteiger partial charge in [0.05, 0.1) is 35.8 Å². The summed E-state index contributed by atoms with van der Waals surface area (Å²) in [6.45, 7) is 2.63. The number of pyridine rings is 1. The molecule has 2 saturated heterocycles. The van der Waals surface area contributed by atoms with E-state index in [0.717, 1.165) is 29.3 Å². The predicted octanol–water partition coefficient (Wildman–Crippen LogP) is 5.07. The second-order valence-electron chi connectivity index (χ2n) is 12.6. The minimum absolute atomic E-state index is 0.0215. The third-order valence-electron chi connectivity index (χ3n) is 8.47. The number of benzene rings is 2. The molecule has 12 nitrogen and oxygen atoms in total. The fraction of sp³-hybridized carbons (Fsp3) is 0.343. The number of hydrogen-bond acceptors (Lipinski definition) is 9. The van der Waals surface area contributed by atoms with E-state index in [0.29, 0.717) is 23.8 Å². The van der Waals surface area contributed by atoms with Crippen molar-refractivity contribution in [3.63, 3.8) is 0 Å². The number of carbonyl (C=O) groups excluding carboxylic acids is 4. The van der Waals surface area contributed by atoms with E-state index in [9.17, 15) is 36.7 Å². The molecule has 54 heavy (non-hydrogen) atoms. The zero-order valence-corrected chi connectivity index (χ0v) is 29.3. The van der Waals surface area contributed by atoms with E-state index in [2.05, 4.69) is 15.6 Å². The van der Waals surface area contributed by atoms with E-state index < -0.39 is 80.8 Å². The van der Waals surface area contributed by atoms with Gasteiger partial charge in [-0.25, -0.2) is 13.2 Å². The highest BCUT2D eigenvalue weighted by atomic mass is 32.1. The summed E-state index contributed by atoms with van der Waals surface area (Å²) < 4.78 is 97.6. The van der Waals surface area contributed by atoms with Gasteiger partial charge in [-0.1, -0.05) is 0 Å². The average molecular weight is 777 g/mol. The van der Waals surface area contributed by atoms with Crippen LogP contribution in [-0.2, 0) is 30.1 Å². The van der Waals surface area contributed by atoms with Crippen LogP contribution in [0.2, 0.25) is 0 Å². The van der Waals surface area contributed by atoms with Crippen LogP contribution in [0.4, 0.5) is 37.7 Å². The Bertz CT molecular complexity index is 2070. The predicted molar refractivity (Wildman–Crippen MR) is 182 cm³/mol. The highest BCUT2D eigenvalue weighted by Crippen LogP contribution is 2.42. The first kappa shape index (κ1) is 39.6. The summed E-state index contributed by atoms with van der Waals surface area (Å²) >= 11 is 5.38. The number of alkyl halides is 3. The fourth-order valence-electron chi connectivity index (χ4n) is 5.80. The number of rotatable bonds is 12. The van der Waals surface area contributed by atoms with Gasteiger partial charge in [0.15, 0.2) is 28.3 Å². The Morgan fingerprint density at radius 2 is 1.81 bits per heavy atom. The Labute approximate surface area is 309 Å². The molecule has 1 aromatic heterocycles. The summed E-state index contributed by atoms with van der Waals surface area (Å²) in [5.74, 6) is -6.25. The van der Waals surface area contributed by atoms with Crippen molar-refractivity contribution in [1.29, 1.82) is 5.26 Å². The zero-order chi connectivity index (χ0) is 39.5. The van der Waals surface area contributed by atoms with E-state index in [1.54, 1.807) is 0 Å². The van der Waals surface area contributed by atoms with Gasteiger partial charge in [-0.15, -0.1) is 0 Å². The maximum atomic E-state index is 15.5. The number of piperidine rings is 1. The Morgan fingerprint density at radius 3 is 2.46 bits per heavy atom. The number of unbranched alkanes of at least 4 members (excludes halogenated alkanes) is 1. The van der Waals surface area contributed by atoms with Gasteiger partial charge in [-0.05, 0) is 75.7 Å². The summed E-state index contributed by atoms with van der Waals surface area (Å²) in [7, 11) is 0. The summed E-state index contributed by atoms with van der Waals surface area (Å²) in [5.41, 5.74) is -5.74. The summed E-state index contributed by atoms with van der Waals surface area (Å²) in [6.07, 6.45) is -2.96. The van der Waals surface area contributed by atoms with Gasteiger partial charge in [0, 0.05) is 24.7 Å². The number of nitriles is 1. The minimum Gasteiger partial charge on any atom is -0.491 e. The van der Waals surface area contributed by atoms with Crippen molar-refractivity contribution in [3.8, 4) is 23.1 Å². The van der Waals surface area contributed by atoms with Crippen molar-refractivity contribution in [1.82, 2.24) is 15.6 Å². The molecule has 5 rings (SSSR count). The molecule has 0 aliphatic carbocycles. The number of amides is 4. The van der Waals surface area contributed by atoms with Crippen molar-refractivity contribution < 1.29 is 55.0 Å². The van der Waals surface area contributed by atoms with Crippen LogP contribution >= 0.6 is 12.2 Å². The maximum Gasteiger partial charge on any atom is 0.420 e. The van der Waals surface area contributed by atoms with Crippen molar-refractivity contribution in [2.45, 2.75) is 57.3 Å². The van der Waals surface area contributed by atoms with Crippen LogP contribution in [-0.4, -0.2) is 65.1 Å². The van der Waals surface area contributed by atoms with Crippen LogP contribution in [0.25, 0.3) is 11.3 Å². The molecule has 3 heterocycles. The molecule has 4 amide bonds. The first-order valence-electron chi connectivity index (χ1n) is 16.2. The molecule has 2 fully saturated rings. The quantitative estimate of drug-likeness (QED) is 0.110. The first-order valence-corrected chi connectivity index (χ1v) is 16.6. The summed E-state index contributed by atoms with van der Waals surface area (Å²) in [6, 6.07) is 6.57. The SMILES string of the molecule is CC1(C)C(=O)N(c2ccc(C#N)c(C(F)(F)F)c2F)C(=S)N1c1cnc(-c2ccc(OCCCCOCC(=O)NC3CCC(=O)NC3=O)c(F)c2)c(F)c1. The lowest BCUT2D eigenvalue weighted by atomic mass is 10.0. The lowest BCUT2D eigenvalue weighted by molar-refractivity contribution is -0.140. The molecular formula is C35H30F6N6O6S. The molecule has 1 unspecified atom stereocenters. The van der Waals surface area contributed by atoms with Crippen molar-refractivity contribution >= 4 is 52.3 Å². The van der Waals surface area contributed by atoms with Gasteiger partial charge in [-0.3, -0.25) is 34.4 Å². The third kappa shape index (κ3) is 8.14. The topological polar surface area (TPSA) is 154 Å². The minimum atomic E-state index is -5.26. The van der Waals surface area contributed by atoms with Crippen LogP contribution in [0.1, 0.15) is 50.7 Å². The van der Waals surface area contributed by atoms with E-state index in [1.165, 1.54) is 32.0 Å². The zero-order valence-electron chi connectivity index (χ0n) is 28.5. The van der Waals surface area contributed by atoms with Crippen LogP contribution < -0.4 is 25.2 Å². The Kier molecular flexibility index (Phi) is 11.6. The first-order chi connectivity index (χ1) is 25.4. The third-order valence-corrected chi connectivity index (χ3v) is 8.84. The molecule has 19 heteroatoms. The number of hydrogen-bond donors (Lipinski definition) is 2. The van der Waals surface area contributed by atoms with E-state index in [4.69, 9.17) is 27.0 Å². The largest absolute Gasteiger partial charge is 0.491 e. The van der Waals surface area contributed by atoms with Crippen LogP contribution in [0.15, 0.2) is 42.6 Å². The van der Waals surface area contributed by atoms with Crippen LogP contribution in [0.3, 0.4) is 0 Å². The molecule has 3 aromatic rings. The molecule has 2 N–H and O–H groups in total. The molecule has 2 aliphatic heterocycles. The molecule has 0 saturated carbocycles. The summed E-state index contributed by atoms with van der Waals surface area (Å²) in [4.78, 5) is 54.1. The van der Waals surface area contributed by atoms with Crippen molar-refractivity contribution in [2.24, 2.45) is 0 Å². The van der Waals surface area contributed by atoms with Gasteiger partial charge < -0.3 is 19.7 Å². The van der Waals surface area contributed by atoms with Crippen molar-refractivity contribution in [2.75, 3.05) is 29.6 Å². The highest BCUT2D eigenvalue weighted by molar-refractivity contribution is 7.81. The highest BCUT2D eigenvalue weighted by Gasteiger charge is 2.52. The van der Waals surface area contributed by atoms with E-state index in [1.807, 2.05) is 0 Å².